The lowest BCUT2D eigenvalue weighted by molar-refractivity contribution is 0.0945. The van der Waals surface area contributed by atoms with E-state index in [9.17, 15) is 9.90 Å². The van der Waals surface area contributed by atoms with Gasteiger partial charge < -0.3 is 10.4 Å². The van der Waals surface area contributed by atoms with Crippen molar-refractivity contribution in [1.82, 2.24) is 25.3 Å². The van der Waals surface area contributed by atoms with Crippen molar-refractivity contribution >= 4 is 5.91 Å². The molecular formula is C17H17N5O2. The maximum atomic E-state index is 12.1. The number of aliphatic hydroxyl groups excluding tert-OH is 1. The fourth-order valence-corrected chi connectivity index (χ4v) is 2.21. The van der Waals surface area contributed by atoms with Crippen LogP contribution in [0, 0.1) is 0 Å². The molecule has 7 heteroatoms. The lowest BCUT2D eigenvalue weighted by Crippen LogP contribution is -2.23. The van der Waals surface area contributed by atoms with Crippen molar-refractivity contribution in [3.8, 4) is 0 Å². The number of benzene rings is 1. The highest BCUT2D eigenvalue weighted by atomic mass is 16.3. The molecule has 3 rings (SSSR count). The highest BCUT2D eigenvalue weighted by Crippen LogP contribution is 2.13. The number of carbonyl (C=O) groups is 1. The Morgan fingerprint density at radius 1 is 1.17 bits per heavy atom. The molecule has 1 amide bonds. The minimum absolute atomic E-state index is 0.200. The topological polar surface area (TPSA) is 92.9 Å². The number of amides is 1. The van der Waals surface area contributed by atoms with Crippen LogP contribution in [0.4, 0.5) is 0 Å². The van der Waals surface area contributed by atoms with Crippen molar-refractivity contribution in [2.24, 2.45) is 0 Å². The minimum Gasteiger partial charge on any atom is -0.386 e. The molecule has 0 radical (unpaired) electrons. The molecule has 0 aliphatic carbocycles. The molecule has 0 fully saturated rings. The van der Waals surface area contributed by atoms with Crippen LogP contribution in [0.2, 0.25) is 0 Å². The first kappa shape index (κ1) is 15.8. The molecule has 0 unspecified atom stereocenters. The monoisotopic (exact) mass is 323 g/mol. The zero-order chi connectivity index (χ0) is 16.8. The molecule has 24 heavy (non-hydrogen) atoms. The van der Waals surface area contributed by atoms with E-state index in [0.29, 0.717) is 6.54 Å². The molecular weight excluding hydrogens is 306 g/mol. The molecule has 1 atom stereocenters. The Morgan fingerprint density at radius 3 is 2.71 bits per heavy atom. The van der Waals surface area contributed by atoms with Crippen LogP contribution in [0.3, 0.4) is 0 Å². The van der Waals surface area contributed by atoms with Gasteiger partial charge in [0, 0.05) is 6.20 Å². The van der Waals surface area contributed by atoms with E-state index in [2.05, 4.69) is 20.6 Å². The fraction of sp³-hybridized carbons (Fsp3) is 0.176. The second kappa shape index (κ2) is 7.47. The lowest BCUT2D eigenvalue weighted by atomic mass is 10.1. The number of hydrogen-bond donors (Lipinski definition) is 2. The van der Waals surface area contributed by atoms with Gasteiger partial charge in [-0.25, -0.2) is 4.68 Å². The fourth-order valence-electron chi connectivity index (χ4n) is 2.21. The number of rotatable bonds is 6. The zero-order valence-electron chi connectivity index (χ0n) is 12.9. The normalized spacial score (nSPS) is 11.9. The van der Waals surface area contributed by atoms with Gasteiger partial charge in [0.2, 0.25) is 0 Å². The zero-order valence-corrected chi connectivity index (χ0v) is 12.9. The summed E-state index contributed by atoms with van der Waals surface area (Å²) in [6, 6.07) is 14.8. The number of carbonyl (C=O) groups excluding carboxylic acids is 1. The van der Waals surface area contributed by atoms with Crippen LogP contribution < -0.4 is 5.32 Å². The summed E-state index contributed by atoms with van der Waals surface area (Å²) in [5, 5.41) is 20.6. The first-order valence-corrected chi connectivity index (χ1v) is 7.53. The summed E-state index contributed by atoms with van der Waals surface area (Å²) in [7, 11) is 0. The number of aliphatic hydroxyl groups is 1. The average molecular weight is 323 g/mol. The molecule has 0 aliphatic heterocycles. The Bertz CT molecular complexity index is 789. The standard InChI is InChI=1S/C17H17N5O2/c23-16(13-6-2-1-3-7-13)12-22-11-15(20-21-22)17(24)19-10-14-8-4-5-9-18-14/h1-9,11,16,23H,10,12H2,(H,19,24)/t16-/m0/s1. The third-order valence-corrected chi connectivity index (χ3v) is 3.47. The second-order valence-electron chi connectivity index (χ2n) is 5.26. The number of aromatic nitrogens is 4. The first-order chi connectivity index (χ1) is 11.7. The third-order valence-electron chi connectivity index (χ3n) is 3.47. The Morgan fingerprint density at radius 2 is 1.96 bits per heavy atom. The van der Waals surface area contributed by atoms with Gasteiger partial charge in [0.05, 0.1) is 31.1 Å². The quantitative estimate of drug-likeness (QED) is 0.714. The maximum Gasteiger partial charge on any atom is 0.273 e. The predicted molar refractivity (Wildman–Crippen MR) is 86.8 cm³/mol. The largest absolute Gasteiger partial charge is 0.386 e. The summed E-state index contributed by atoms with van der Waals surface area (Å²) < 4.78 is 1.45. The maximum absolute atomic E-state index is 12.1. The number of nitrogens with zero attached hydrogens (tertiary/aromatic N) is 4. The van der Waals surface area contributed by atoms with E-state index in [1.165, 1.54) is 10.9 Å². The van der Waals surface area contributed by atoms with E-state index in [4.69, 9.17) is 0 Å². The lowest BCUT2D eigenvalue weighted by Gasteiger charge is -2.09. The van der Waals surface area contributed by atoms with Crippen molar-refractivity contribution in [3.05, 3.63) is 77.9 Å². The summed E-state index contributed by atoms with van der Waals surface area (Å²) in [6.07, 6.45) is 2.47. The van der Waals surface area contributed by atoms with Crippen LogP contribution in [0.15, 0.2) is 60.9 Å². The molecule has 1 aromatic carbocycles. The van der Waals surface area contributed by atoms with E-state index in [1.54, 1.807) is 6.20 Å². The number of hydrogen-bond acceptors (Lipinski definition) is 5. The summed E-state index contributed by atoms with van der Waals surface area (Å²) in [5.41, 5.74) is 1.75. The van der Waals surface area contributed by atoms with Gasteiger partial charge in [0.25, 0.3) is 5.91 Å². The molecule has 0 spiro atoms. The van der Waals surface area contributed by atoms with Crippen LogP contribution in [0.25, 0.3) is 0 Å². The van der Waals surface area contributed by atoms with Crippen molar-refractivity contribution in [2.75, 3.05) is 0 Å². The molecule has 2 aromatic heterocycles. The Kier molecular flexibility index (Phi) is 4.93. The van der Waals surface area contributed by atoms with Crippen molar-refractivity contribution in [1.29, 1.82) is 0 Å². The molecule has 7 nitrogen and oxygen atoms in total. The molecule has 0 aliphatic rings. The Labute approximate surface area is 139 Å². The summed E-state index contributed by atoms with van der Waals surface area (Å²) in [4.78, 5) is 16.2. The SMILES string of the molecule is O=C(NCc1ccccn1)c1cn(C[C@H](O)c2ccccc2)nn1. The van der Waals surface area contributed by atoms with Gasteiger partial charge in [-0.3, -0.25) is 9.78 Å². The number of pyridine rings is 1. The number of nitrogens with one attached hydrogen (secondary N) is 1. The van der Waals surface area contributed by atoms with E-state index >= 15 is 0 Å². The van der Waals surface area contributed by atoms with Crippen LogP contribution >= 0.6 is 0 Å². The van der Waals surface area contributed by atoms with Crippen LogP contribution in [-0.4, -0.2) is 31.0 Å². The third kappa shape index (κ3) is 4.02. The van der Waals surface area contributed by atoms with Gasteiger partial charge >= 0.3 is 0 Å². The highest BCUT2D eigenvalue weighted by Gasteiger charge is 2.13. The van der Waals surface area contributed by atoms with Crippen LogP contribution in [-0.2, 0) is 13.1 Å². The van der Waals surface area contributed by atoms with Crippen LogP contribution in [0.5, 0.6) is 0 Å². The molecule has 3 aromatic rings. The molecule has 0 saturated heterocycles. The second-order valence-corrected chi connectivity index (χ2v) is 5.26. The Balaban J connectivity index is 1.57. The predicted octanol–water partition coefficient (Wildman–Crippen LogP) is 1.34. The van der Waals surface area contributed by atoms with E-state index < -0.39 is 6.10 Å². The molecule has 0 saturated carbocycles. The van der Waals surface area contributed by atoms with Gasteiger partial charge in [-0.05, 0) is 17.7 Å². The van der Waals surface area contributed by atoms with Gasteiger partial charge in [-0.15, -0.1) is 5.10 Å². The summed E-state index contributed by atoms with van der Waals surface area (Å²) >= 11 is 0. The van der Waals surface area contributed by atoms with Crippen LogP contribution in [0.1, 0.15) is 27.8 Å². The highest BCUT2D eigenvalue weighted by molar-refractivity contribution is 5.91. The van der Waals surface area contributed by atoms with Crippen molar-refractivity contribution in [2.45, 2.75) is 19.2 Å². The minimum atomic E-state index is -0.711. The van der Waals surface area contributed by atoms with E-state index in [-0.39, 0.29) is 18.1 Å². The van der Waals surface area contributed by atoms with Crippen molar-refractivity contribution < 1.29 is 9.90 Å². The average Bonchev–Trinajstić information content (AvgIpc) is 3.10. The van der Waals surface area contributed by atoms with Crippen molar-refractivity contribution in [3.63, 3.8) is 0 Å². The molecule has 2 N–H and O–H groups in total. The molecule has 2 heterocycles. The van der Waals surface area contributed by atoms with E-state index in [0.717, 1.165) is 11.3 Å². The summed E-state index contributed by atoms with van der Waals surface area (Å²) in [6.45, 7) is 0.545. The van der Waals surface area contributed by atoms with Gasteiger partial charge in [0.1, 0.15) is 0 Å². The smallest absolute Gasteiger partial charge is 0.273 e. The first-order valence-electron chi connectivity index (χ1n) is 7.53. The van der Waals surface area contributed by atoms with Gasteiger partial charge in [-0.2, -0.15) is 0 Å². The summed E-state index contributed by atoms with van der Waals surface area (Å²) in [5.74, 6) is -0.332. The van der Waals surface area contributed by atoms with E-state index in [1.807, 2.05) is 48.5 Å². The Hall–Kier alpha value is -3.06. The molecule has 0 bridgehead atoms. The van der Waals surface area contributed by atoms with Gasteiger partial charge in [0.15, 0.2) is 5.69 Å². The molecule has 122 valence electrons. The van der Waals surface area contributed by atoms with Gasteiger partial charge in [-0.1, -0.05) is 41.6 Å².